The fourth-order valence-corrected chi connectivity index (χ4v) is 2.51. The van der Waals surface area contributed by atoms with Crippen LogP contribution in [0.2, 0.25) is 5.02 Å². The first-order valence-electron chi connectivity index (χ1n) is 8.51. The Morgan fingerprint density at radius 3 is 2.35 bits per heavy atom. The average molecular weight is 374 g/mol. The third kappa shape index (κ3) is 4.99. The SMILES string of the molecule is C[C@H](Oc1ccc(Cl)cc1)C(=O)O[C@@H](C(=O)NC1CC1)c1ccccc1. The number of carbonyl (C=O) groups excluding carboxylic acids is 2. The number of hydrogen-bond acceptors (Lipinski definition) is 4. The second-order valence-corrected chi connectivity index (χ2v) is 6.66. The summed E-state index contributed by atoms with van der Waals surface area (Å²) in [6, 6.07) is 15.8. The lowest BCUT2D eigenvalue weighted by molar-refractivity contribution is -0.162. The quantitative estimate of drug-likeness (QED) is 0.752. The van der Waals surface area contributed by atoms with Crippen molar-refractivity contribution in [2.75, 3.05) is 0 Å². The van der Waals surface area contributed by atoms with Crippen LogP contribution in [0.25, 0.3) is 0 Å². The fourth-order valence-electron chi connectivity index (χ4n) is 2.38. The number of nitrogens with one attached hydrogen (secondary N) is 1. The van der Waals surface area contributed by atoms with Gasteiger partial charge in [0, 0.05) is 16.6 Å². The van der Waals surface area contributed by atoms with Crippen LogP contribution in [0.4, 0.5) is 0 Å². The van der Waals surface area contributed by atoms with Gasteiger partial charge in [-0.2, -0.15) is 0 Å². The molecule has 5 nitrogen and oxygen atoms in total. The number of ether oxygens (including phenoxy) is 2. The van der Waals surface area contributed by atoms with Gasteiger partial charge in [-0.25, -0.2) is 4.79 Å². The van der Waals surface area contributed by atoms with E-state index in [-0.39, 0.29) is 11.9 Å². The van der Waals surface area contributed by atoms with Crippen molar-refractivity contribution < 1.29 is 19.1 Å². The summed E-state index contributed by atoms with van der Waals surface area (Å²) >= 11 is 5.84. The minimum absolute atomic E-state index is 0.176. The molecule has 0 saturated heterocycles. The van der Waals surface area contributed by atoms with Crippen molar-refractivity contribution in [2.45, 2.75) is 38.0 Å². The van der Waals surface area contributed by atoms with Gasteiger partial charge in [-0.3, -0.25) is 4.79 Å². The molecular weight excluding hydrogens is 354 g/mol. The van der Waals surface area contributed by atoms with Gasteiger partial charge in [0.05, 0.1) is 0 Å². The molecule has 3 rings (SSSR count). The number of carbonyl (C=O) groups is 2. The standard InChI is InChI=1S/C20H20ClNO4/c1-13(25-17-11-7-15(21)8-12-17)20(24)26-18(14-5-3-2-4-6-14)19(23)22-16-9-10-16/h2-8,11-13,16,18H,9-10H2,1H3,(H,22,23)/t13-,18+/m0/s1. The van der Waals surface area contributed by atoms with Crippen molar-refractivity contribution in [1.29, 1.82) is 0 Å². The van der Waals surface area contributed by atoms with E-state index < -0.39 is 18.2 Å². The van der Waals surface area contributed by atoms with Crippen LogP contribution in [0, 0.1) is 0 Å². The highest BCUT2D eigenvalue weighted by atomic mass is 35.5. The Morgan fingerprint density at radius 2 is 1.73 bits per heavy atom. The van der Waals surface area contributed by atoms with Gasteiger partial charge in [0.25, 0.3) is 5.91 Å². The van der Waals surface area contributed by atoms with E-state index in [1.807, 2.05) is 6.07 Å². The highest BCUT2D eigenvalue weighted by molar-refractivity contribution is 6.30. The monoisotopic (exact) mass is 373 g/mol. The molecule has 136 valence electrons. The average Bonchev–Trinajstić information content (AvgIpc) is 3.46. The van der Waals surface area contributed by atoms with Gasteiger partial charge >= 0.3 is 5.97 Å². The maximum atomic E-state index is 12.5. The second kappa shape index (κ2) is 8.23. The van der Waals surface area contributed by atoms with Crippen LogP contribution in [-0.2, 0) is 14.3 Å². The number of benzene rings is 2. The minimum Gasteiger partial charge on any atom is -0.479 e. The molecule has 2 atom stereocenters. The lowest BCUT2D eigenvalue weighted by atomic mass is 10.1. The molecule has 1 saturated carbocycles. The van der Waals surface area contributed by atoms with Gasteiger partial charge in [-0.1, -0.05) is 41.9 Å². The minimum atomic E-state index is -0.999. The van der Waals surface area contributed by atoms with Crippen molar-refractivity contribution in [3.05, 3.63) is 65.2 Å². The zero-order valence-electron chi connectivity index (χ0n) is 14.4. The smallest absolute Gasteiger partial charge is 0.348 e. The van der Waals surface area contributed by atoms with E-state index in [1.165, 1.54) is 0 Å². The summed E-state index contributed by atoms with van der Waals surface area (Å²) in [5, 5.41) is 3.46. The molecule has 0 spiro atoms. The Morgan fingerprint density at radius 1 is 1.08 bits per heavy atom. The summed E-state index contributed by atoms with van der Waals surface area (Å²) in [6.45, 7) is 1.58. The first kappa shape index (κ1) is 18.3. The van der Waals surface area contributed by atoms with Gasteiger partial charge in [0.15, 0.2) is 6.10 Å². The molecule has 1 amide bonds. The number of esters is 1. The normalized spacial score (nSPS) is 15.6. The molecule has 0 aromatic heterocycles. The Bertz CT molecular complexity index is 759. The molecule has 0 aliphatic heterocycles. The Labute approximate surface area is 157 Å². The zero-order chi connectivity index (χ0) is 18.5. The summed E-state index contributed by atoms with van der Waals surface area (Å²) in [5.74, 6) is -0.428. The first-order valence-corrected chi connectivity index (χ1v) is 8.89. The van der Waals surface area contributed by atoms with E-state index in [0.717, 1.165) is 12.8 Å². The molecule has 2 aromatic carbocycles. The van der Waals surface area contributed by atoms with Gasteiger partial charge in [-0.05, 0) is 44.0 Å². The van der Waals surface area contributed by atoms with Crippen LogP contribution in [0.15, 0.2) is 54.6 Å². The van der Waals surface area contributed by atoms with Crippen molar-refractivity contribution in [2.24, 2.45) is 0 Å². The maximum absolute atomic E-state index is 12.5. The Balaban J connectivity index is 1.67. The predicted octanol–water partition coefficient (Wildman–Crippen LogP) is 3.67. The largest absolute Gasteiger partial charge is 0.479 e. The summed E-state index contributed by atoms with van der Waals surface area (Å²) in [4.78, 5) is 25.0. The third-order valence-electron chi connectivity index (χ3n) is 3.96. The van der Waals surface area contributed by atoms with Crippen LogP contribution in [0.1, 0.15) is 31.4 Å². The lowest BCUT2D eigenvalue weighted by Crippen LogP contribution is -2.36. The summed E-state index contributed by atoms with van der Waals surface area (Å²) in [6.07, 6.45) is 0.0471. The molecule has 0 bridgehead atoms. The highest BCUT2D eigenvalue weighted by Crippen LogP contribution is 2.24. The van der Waals surface area contributed by atoms with E-state index >= 15 is 0 Å². The van der Waals surface area contributed by atoms with Gasteiger partial charge in [-0.15, -0.1) is 0 Å². The van der Waals surface area contributed by atoms with Crippen LogP contribution < -0.4 is 10.1 Å². The molecule has 1 aliphatic rings. The van der Waals surface area contributed by atoms with Gasteiger partial charge in [0.1, 0.15) is 5.75 Å². The van der Waals surface area contributed by atoms with Crippen molar-refractivity contribution in [1.82, 2.24) is 5.32 Å². The van der Waals surface area contributed by atoms with Gasteiger partial charge < -0.3 is 14.8 Å². The third-order valence-corrected chi connectivity index (χ3v) is 4.21. The van der Waals surface area contributed by atoms with Crippen LogP contribution >= 0.6 is 11.6 Å². The molecule has 1 fully saturated rings. The molecule has 0 heterocycles. The molecule has 1 N–H and O–H groups in total. The molecule has 2 aromatic rings. The number of rotatable bonds is 7. The van der Waals surface area contributed by atoms with Gasteiger partial charge in [0.2, 0.25) is 6.10 Å². The van der Waals surface area contributed by atoms with E-state index in [4.69, 9.17) is 21.1 Å². The molecule has 0 unspecified atom stereocenters. The molecule has 26 heavy (non-hydrogen) atoms. The summed E-state index contributed by atoms with van der Waals surface area (Å²) in [5.41, 5.74) is 0.623. The van der Waals surface area contributed by atoms with Crippen LogP contribution in [0.5, 0.6) is 5.75 Å². The second-order valence-electron chi connectivity index (χ2n) is 6.22. The lowest BCUT2D eigenvalue weighted by Gasteiger charge is -2.20. The van der Waals surface area contributed by atoms with E-state index in [0.29, 0.717) is 16.3 Å². The molecule has 1 aliphatic carbocycles. The van der Waals surface area contributed by atoms with Crippen molar-refractivity contribution in [3.8, 4) is 5.75 Å². The highest BCUT2D eigenvalue weighted by Gasteiger charge is 2.32. The Hall–Kier alpha value is -2.53. The van der Waals surface area contributed by atoms with E-state index in [9.17, 15) is 9.59 Å². The van der Waals surface area contributed by atoms with E-state index in [2.05, 4.69) is 5.32 Å². The van der Waals surface area contributed by atoms with Crippen molar-refractivity contribution >= 4 is 23.5 Å². The zero-order valence-corrected chi connectivity index (χ0v) is 15.1. The summed E-state index contributed by atoms with van der Waals surface area (Å²) in [7, 11) is 0. The first-order chi connectivity index (χ1) is 12.5. The topological polar surface area (TPSA) is 64.6 Å². The summed E-state index contributed by atoms with van der Waals surface area (Å²) < 4.78 is 11.1. The van der Waals surface area contributed by atoms with Crippen molar-refractivity contribution in [3.63, 3.8) is 0 Å². The molecule has 0 radical (unpaired) electrons. The van der Waals surface area contributed by atoms with Crippen LogP contribution in [-0.4, -0.2) is 24.0 Å². The Kier molecular flexibility index (Phi) is 5.78. The number of amides is 1. The molecular formula is C20H20ClNO4. The fraction of sp³-hybridized carbons (Fsp3) is 0.300. The number of halogens is 1. The maximum Gasteiger partial charge on any atom is 0.348 e. The molecule has 6 heteroatoms. The van der Waals surface area contributed by atoms with E-state index in [1.54, 1.807) is 55.5 Å². The predicted molar refractivity (Wildman–Crippen MR) is 98.0 cm³/mol. The van der Waals surface area contributed by atoms with Crippen LogP contribution in [0.3, 0.4) is 0 Å². The number of hydrogen-bond donors (Lipinski definition) is 1.